The highest BCUT2D eigenvalue weighted by atomic mass is 16.5. The normalized spacial score (nSPS) is 14.6. The Morgan fingerprint density at radius 1 is 1.31 bits per heavy atom. The number of nitrogens with one attached hydrogen (secondary N) is 1. The van der Waals surface area contributed by atoms with E-state index < -0.39 is 12.1 Å². The maximum Gasteiger partial charge on any atom is 0.306 e. The Kier molecular flexibility index (Phi) is 6.72. The number of carbonyl (C=O) groups excluding carboxylic acids is 1. The summed E-state index contributed by atoms with van der Waals surface area (Å²) in [6, 6.07) is 0.0274. The van der Waals surface area contributed by atoms with Crippen molar-refractivity contribution >= 4 is 11.9 Å². The Morgan fingerprint density at radius 3 is 2.25 bits per heavy atom. The average Bonchev–Trinajstić information content (AvgIpc) is 2.15. The second-order valence-corrected chi connectivity index (χ2v) is 4.09. The molecule has 0 radical (unpaired) electrons. The van der Waals surface area contributed by atoms with Gasteiger partial charge in [0.05, 0.1) is 12.5 Å². The first-order valence-electron chi connectivity index (χ1n) is 5.54. The lowest BCUT2D eigenvalue weighted by molar-refractivity contribution is -0.148. The quantitative estimate of drug-likeness (QED) is 0.689. The third kappa shape index (κ3) is 6.40. The molecule has 0 saturated carbocycles. The molecule has 0 saturated heterocycles. The summed E-state index contributed by atoms with van der Waals surface area (Å²) in [6.07, 6.45) is -0.591. The zero-order valence-corrected chi connectivity index (χ0v) is 10.3. The van der Waals surface area contributed by atoms with E-state index in [9.17, 15) is 9.59 Å². The van der Waals surface area contributed by atoms with Crippen LogP contribution < -0.4 is 5.32 Å². The maximum absolute atomic E-state index is 11.7. The average molecular weight is 231 g/mol. The number of hydrogen-bond acceptors (Lipinski definition) is 3. The van der Waals surface area contributed by atoms with Gasteiger partial charge >= 0.3 is 5.97 Å². The fourth-order valence-electron chi connectivity index (χ4n) is 1.13. The van der Waals surface area contributed by atoms with Gasteiger partial charge in [-0.05, 0) is 27.2 Å². The maximum atomic E-state index is 11.7. The third-order valence-corrected chi connectivity index (χ3v) is 2.09. The van der Waals surface area contributed by atoms with Crippen LogP contribution in [0.5, 0.6) is 0 Å². The molecule has 0 rings (SSSR count). The Labute approximate surface area is 96.2 Å². The number of aliphatic carboxylic acids is 1. The summed E-state index contributed by atoms with van der Waals surface area (Å²) in [5.74, 6) is -1.39. The molecule has 0 fully saturated rings. The lowest BCUT2D eigenvalue weighted by Gasteiger charge is -2.20. The van der Waals surface area contributed by atoms with Gasteiger partial charge < -0.3 is 15.2 Å². The van der Waals surface area contributed by atoms with Crippen LogP contribution in [0, 0.1) is 0 Å². The SMILES string of the molecule is CCC(C)NC(=O)C(CC(=O)O)OC(C)C. The van der Waals surface area contributed by atoms with Gasteiger partial charge in [0.15, 0.2) is 0 Å². The van der Waals surface area contributed by atoms with Gasteiger partial charge in [-0.15, -0.1) is 0 Å². The van der Waals surface area contributed by atoms with Crippen molar-refractivity contribution in [2.24, 2.45) is 0 Å². The Hall–Kier alpha value is -1.10. The summed E-state index contributed by atoms with van der Waals surface area (Å²) in [5, 5.41) is 11.4. The molecule has 0 bridgehead atoms. The van der Waals surface area contributed by atoms with Gasteiger partial charge in [-0.1, -0.05) is 6.92 Å². The predicted octanol–water partition coefficient (Wildman–Crippen LogP) is 1.17. The molecular weight excluding hydrogens is 210 g/mol. The molecule has 2 atom stereocenters. The molecule has 0 heterocycles. The summed E-state index contributed by atoms with van der Waals surface area (Å²) in [4.78, 5) is 22.3. The van der Waals surface area contributed by atoms with Crippen molar-refractivity contribution in [1.29, 1.82) is 0 Å². The van der Waals surface area contributed by atoms with Crippen LogP contribution in [0.1, 0.15) is 40.5 Å². The van der Waals surface area contributed by atoms with Crippen LogP contribution in [0.3, 0.4) is 0 Å². The highest BCUT2D eigenvalue weighted by molar-refractivity contribution is 5.85. The lowest BCUT2D eigenvalue weighted by Crippen LogP contribution is -2.43. The molecule has 2 unspecified atom stereocenters. The van der Waals surface area contributed by atoms with Gasteiger partial charge in [0.2, 0.25) is 5.91 Å². The number of ether oxygens (including phenoxy) is 1. The number of amides is 1. The Bertz CT molecular complexity index is 240. The summed E-state index contributed by atoms with van der Waals surface area (Å²) < 4.78 is 5.28. The molecule has 0 aromatic rings. The van der Waals surface area contributed by atoms with Crippen LogP contribution in [0.2, 0.25) is 0 Å². The second kappa shape index (κ2) is 7.22. The van der Waals surface area contributed by atoms with Crippen LogP contribution in [-0.2, 0) is 14.3 Å². The Morgan fingerprint density at radius 2 is 1.88 bits per heavy atom. The van der Waals surface area contributed by atoms with E-state index in [1.165, 1.54) is 0 Å². The molecule has 0 aromatic carbocycles. The van der Waals surface area contributed by atoms with Gasteiger partial charge in [-0.2, -0.15) is 0 Å². The molecule has 5 nitrogen and oxygen atoms in total. The van der Waals surface area contributed by atoms with Crippen molar-refractivity contribution in [1.82, 2.24) is 5.32 Å². The zero-order valence-electron chi connectivity index (χ0n) is 10.3. The molecule has 1 amide bonds. The van der Waals surface area contributed by atoms with E-state index in [-0.39, 0.29) is 24.5 Å². The van der Waals surface area contributed by atoms with Crippen molar-refractivity contribution < 1.29 is 19.4 Å². The van der Waals surface area contributed by atoms with Gasteiger partial charge in [-0.25, -0.2) is 0 Å². The zero-order chi connectivity index (χ0) is 12.7. The molecule has 94 valence electrons. The van der Waals surface area contributed by atoms with Crippen molar-refractivity contribution in [3.8, 4) is 0 Å². The van der Waals surface area contributed by atoms with Gasteiger partial charge in [0.25, 0.3) is 0 Å². The minimum Gasteiger partial charge on any atom is -0.481 e. The lowest BCUT2D eigenvalue weighted by atomic mass is 10.2. The van der Waals surface area contributed by atoms with E-state index in [4.69, 9.17) is 9.84 Å². The first kappa shape index (κ1) is 14.9. The van der Waals surface area contributed by atoms with Crippen LogP contribution >= 0.6 is 0 Å². The molecule has 0 aliphatic carbocycles. The van der Waals surface area contributed by atoms with Crippen molar-refractivity contribution in [2.75, 3.05) is 0 Å². The minimum absolute atomic E-state index is 0.0274. The number of carboxylic acid groups (broad SMARTS) is 1. The first-order chi connectivity index (χ1) is 7.36. The van der Waals surface area contributed by atoms with E-state index in [2.05, 4.69) is 5.32 Å². The monoisotopic (exact) mass is 231 g/mol. The highest BCUT2D eigenvalue weighted by Crippen LogP contribution is 2.04. The summed E-state index contributed by atoms with van der Waals surface area (Å²) >= 11 is 0. The number of carbonyl (C=O) groups is 2. The molecule has 0 aliphatic rings. The van der Waals surface area contributed by atoms with Crippen LogP contribution in [0.15, 0.2) is 0 Å². The van der Waals surface area contributed by atoms with E-state index in [1.807, 2.05) is 13.8 Å². The van der Waals surface area contributed by atoms with Crippen molar-refractivity contribution in [3.05, 3.63) is 0 Å². The van der Waals surface area contributed by atoms with Crippen LogP contribution in [0.25, 0.3) is 0 Å². The number of rotatable bonds is 7. The minimum atomic E-state index is -1.04. The molecule has 16 heavy (non-hydrogen) atoms. The smallest absolute Gasteiger partial charge is 0.306 e. The first-order valence-corrected chi connectivity index (χ1v) is 5.54. The van der Waals surface area contributed by atoms with Gasteiger partial charge in [-0.3, -0.25) is 9.59 Å². The fourth-order valence-corrected chi connectivity index (χ4v) is 1.13. The third-order valence-electron chi connectivity index (χ3n) is 2.09. The summed E-state index contributed by atoms with van der Waals surface area (Å²) in [7, 11) is 0. The second-order valence-electron chi connectivity index (χ2n) is 4.09. The van der Waals surface area contributed by atoms with E-state index in [1.54, 1.807) is 13.8 Å². The standard InChI is InChI=1S/C11H21NO4/c1-5-8(4)12-11(15)9(6-10(13)14)16-7(2)3/h7-9H,5-6H2,1-4H3,(H,12,15)(H,13,14). The van der Waals surface area contributed by atoms with Crippen LogP contribution in [-0.4, -0.2) is 35.2 Å². The molecule has 0 aromatic heterocycles. The largest absolute Gasteiger partial charge is 0.481 e. The molecule has 0 aliphatic heterocycles. The van der Waals surface area contributed by atoms with E-state index in [0.717, 1.165) is 6.42 Å². The predicted molar refractivity (Wildman–Crippen MR) is 60.2 cm³/mol. The summed E-state index contributed by atoms with van der Waals surface area (Å²) in [5.41, 5.74) is 0. The van der Waals surface area contributed by atoms with Gasteiger partial charge in [0.1, 0.15) is 6.10 Å². The molecular formula is C11H21NO4. The number of hydrogen-bond donors (Lipinski definition) is 2. The molecule has 0 spiro atoms. The summed E-state index contributed by atoms with van der Waals surface area (Å²) in [6.45, 7) is 7.35. The van der Waals surface area contributed by atoms with E-state index in [0.29, 0.717) is 0 Å². The fraction of sp³-hybridized carbons (Fsp3) is 0.818. The van der Waals surface area contributed by atoms with Gasteiger partial charge in [0, 0.05) is 6.04 Å². The number of carboxylic acids is 1. The molecule has 2 N–H and O–H groups in total. The van der Waals surface area contributed by atoms with E-state index >= 15 is 0 Å². The van der Waals surface area contributed by atoms with Crippen LogP contribution in [0.4, 0.5) is 0 Å². The van der Waals surface area contributed by atoms with Crippen molar-refractivity contribution in [2.45, 2.75) is 58.8 Å². The van der Waals surface area contributed by atoms with Crippen molar-refractivity contribution in [3.63, 3.8) is 0 Å². The molecule has 5 heteroatoms. The Balaban J connectivity index is 4.37. The topological polar surface area (TPSA) is 75.6 Å². The highest BCUT2D eigenvalue weighted by Gasteiger charge is 2.24.